The molecule has 2 atom stereocenters. The SMILES string of the molecule is CCOCOC[C@H](C[C@H](C)C(=O)NO)NCc1ccc(Oc2ccccc2)cc1. The minimum absolute atomic E-state index is 0.0667. The minimum atomic E-state index is -0.413. The molecule has 1 amide bonds. The van der Waals surface area contributed by atoms with E-state index in [1.807, 2.05) is 61.5 Å². The highest BCUT2D eigenvalue weighted by atomic mass is 16.7. The van der Waals surface area contributed by atoms with Crippen LogP contribution >= 0.6 is 0 Å². The number of amides is 1. The lowest BCUT2D eigenvalue weighted by Crippen LogP contribution is -2.38. The van der Waals surface area contributed by atoms with Gasteiger partial charge in [-0.05, 0) is 43.2 Å². The highest BCUT2D eigenvalue weighted by Crippen LogP contribution is 2.21. The summed E-state index contributed by atoms with van der Waals surface area (Å²) in [6.07, 6.45) is 0.522. The Labute approximate surface area is 171 Å². The van der Waals surface area contributed by atoms with Crippen LogP contribution < -0.4 is 15.5 Å². The number of para-hydroxylation sites is 1. The van der Waals surface area contributed by atoms with Gasteiger partial charge in [0.05, 0.1) is 6.61 Å². The second kappa shape index (κ2) is 12.9. The molecule has 29 heavy (non-hydrogen) atoms. The summed E-state index contributed by atoms with van der Waals surface area (Å²) >= 11 is 0. The molecule has 0 aliphatic rings. The number of hydrogen-bond donors (Lipinski definition) is 3. The van der Waals surface area contributed by atoms with E-state index in [1.165, 1.54) is 0 Å². The van der Waals surface area contributed by atoms with E-state index in [0.717, 1.165) is 17.1 Å². The van der Waals surface area contributed by atoms with Crippen molar-refractivity contribution in [2.45, 2.75) is 32.9 Å². The molecule has 0 aromatic heterocycles. The number of rotatable bonds is 13. The summed E-state index contributed by atoms with van der Waals surface area (Å²) in [5.74, 6) is 0.796. The molecule has 2 aromatic carbocycles. The van der Waals surface area contributed by atoms with Gasteiger partial charge in [0.15, 0.2) is 0 Å². The van der Waals surface area contributed by atoms with E-state index in [9.17, 15) is 4.79 Å². The summed E-state index contributed by atoms with van der Waals surface area (Å²) in [5.41, 5.74) is 2.78. The second-order valence-corrected chi connectivity index (χ2v) is 6.73. The first-order valence-corrected chi connectivity index (χ1v) is 9.77. The van der Waals surface area contributed by atoms with Gasteiger partial charge in [0.2, 0.25) is 5.91 Å². The number of nitrogens with one attached hydrogen (secondary N) is 2. The Kier molecular flexibility index (Phi) is 10.2. The van der Waals surface area contributed by atoms with Crippen molar-refractivity contribution in [3.63, 3.8) is 0 Å². The van der Waals surface area contributed by atoms with E-state index < -0.39 is 5.91 Å². The maximum absolute atomic E-state index is 11.6. The molecule has 2 rings (SSSR count). The van der Waals surface area contributed by atoms with Gasteiger partial charge in [-0.1, -0.05) is 37.3 Å². The third-order valence-corrected chi connectivity index (χ3v) is 4.38. The summed E-state index contributed by atoms with van der Waals surface area (Å²) in [4.78, 5) is 11.6. The van der Waals surface area contributed by atoms with E-state index in [0.29, 0.717) is 26.2 Å². The first kappa shape index (κ1) is 22.8. The largest absolute Gasteiger partial charge is 0.457 e. The quantitative estimate of drug-likeness (QED) is 0.206. The van der Waals surface area contributed by atoms with E-state index in [4.69, 9.17) is 19.4 Å². The van der Waals surface area contributed by atoms with Gasteiger partial charge in [-0.15, -0.1) is 0 Å². The maximum Gasteiger partial charge on any atom is 0.246 e. The van der Waals surface area contributed by atoms with Crippen LogP contribution in [-0.2, 0) is 20.8 Å². The van der Waals surface area contributed by atoms with Crippen molar-refractivity contribution in [1.82, 2.24) is 10.8 Å². The van der Waals surface area contributed by atoms with Crippen molar-refractivity contribution < 1.29 is 24.2 Å². The Balaban J connectivity index is 1.87. The highest BCUT2D eigenvalue weighted by Gasteiger charge is 2.19. The van der Waals surface area contributed by atoms with Crippen molar-refractivity contribution in [3.8, 4) is 11.5 Å². The van der Waals surface area contributed by atoms with Gasteiger partial charge in [0, 0.05) is 25.1 Å². The lowest BCUT2D eigenvalue weighted by atomic mass is 10.0. The summed E-state index contributed by atoms with van der Waals surface area (Å²) < 4.78 is 16.5. The zero-order chi connectivity index (χ0) is 20.9. The zero-order valence-electron chi connectivity index (χ0n) is 17.0. The summed E-state index contributed by atoms with van der Waals surface area (Å²) in [6, 6.07) is 17.4. The van der Waals surface area contributed by atoms with E-state index in [-0.39, 0.29) is 18.8 Å². The fraction of sp³-hybridized carbons (Fsp3) is 0.409. The smallest absolute Gasteiger partial charge is 0.246 e. The lowest BCUT2D eigenvalue weighted by Gasteiger charge is -2.21. The molecule has 0 aliphatic heterocycles. The predicted octanol–water partition coefficient (Wildman–Crippen LogP) is 3.48. The van der Waals surface area contributed by atoms with Crippen LogP contribution in [0.5, 0.6) is 11.5 Å². The Morgan fingerprint density at radius 1 is 1.03 bits per heavy atom. The number of hydrogen-bond acceptors (Lipinski definition) is 6. The summed E-state index contributed by atoms with van der Waals surface area (Å²) in [5, 5.41) is 12.2. The van der Waals surface area contributed by atoms with E-state index >= 15 is 0 Å². The molecule has 0 saturated carbocycles. The molecule has 0 unspecified atom stereocenters. The normalized spacial score (nSPS) is 12.9. The van der Waals surface area contributed by atoms with Gasteiger partial charge >= 0.3 is 0 Å². The fourth-order valence-electron chi connectivity index (χ4n) is 2.75. The average Bonchev–Trinajstić information content (AvgIpc) is 2.75. The molecule has 0 aliphatic carbocycles. The number of carbonyl (C=O) groups excluding carboxylic acids is 1. The molecule has 0 radical (unpaired) electrons. The third kappa shape index (κ3) is 8.62. The maximum atomic E-state index is 11.6. The van der Waals surface area contributed by atoms with Crippen LogP contribution in [0.1, 0.15) is 25.8 Å². The molecule has 0 bridgehead atoms. The summed E-state index contributed by atoms with van der Waals surface area (Å²) in [7, 11) is 0. The fourth-order valence-corrected chi connectivity index (χ4v) is 2.75. The van der Waals surface area contributed by atoms with Crippen LogP contribution in [0.4, 0.5) is 0 Å². The van der Waals surface area contributed by atoms with Crippen LogP contribution in [-0.4, -0.2) is 37.2 Å². The van der Waals surface area contributed by atoms with Gasteiger partial charge in [-0.2, -0.15) is 0 Å². The average molecular weight is 402 g/mol. The van der Waals surface area contributed by atoms with Crippen LogP contribution in [0.2, 0.25) is 0 Å². The standard InChI is InChI=1S/C22H30N2O5/c1-3-27-16-28-15-19(13-17(2)22(25)24-26)23-14-18-9-11-21(12-10-18)29-20-7-5-4-6-8-20/h4-12,17,19,23,26H,3,13-16H2,1-2H3,(H,24,25)/t17-,19-/m0/s1. The molecule has 7 heteroatoms. The van der Waals surface area contributed by atoms with Gasteiger partial charge in [-0.25, -0.2) is 5.48 Å². The van der Waals surface area contributed by atoms with Crippen molar-refractivity contribution in [3.05, 3.63) is 60.2 Å². The van der Waals surface area contributed by atoms with Crippen LogP contribution in [0.3, 0.4) is 0 Å². The molecule has 3 N–H and O–H groups in total. The molecule has 7 nitrogen and oxygen atoms in total. The van der Waals surface area contributed by atoms with Gasteiger partial charge in [0.25, 0.3) is 0 Å². The number of carbonyl (C=O) groups is 1. The second-order valence-electron chi connectivity index (χ2n) is 6.73. The molecule has 0 spiro atoms. The molecule has 2 aromatic rings. The summed E-state index contributed by atoms with van der Waals surface area (Å²) in [6.45, 7) is 5.47. The van der Waals surface area contributed by atoms with E-state index in [1.54, 1.807) is 12.4 Å². The molecular weight excluding hydrogens is 372 g/mol. The van der Waals surface area contributed by atoms with Crippen molar-refractivity contribution in [2.75, 3.05) is 20.0 Å². The molecule has 0 heterocycles. The Hall–Kier alpha value is -2.45. The topological polar surface area (TPSA) is 89.1 Å². The number of benzene rings is 2. The monoisotopic (exact) mass is 402 g/mol. The van der Waals surface area contributed by atoms with Gasteiger partial charge in [-0.3, -0.25) is 10.0 Å². The Morgan fingerprint density at radius 2 is 1.72 bits per heavy atom. The van der Waals surface area contributed by atoms with Gasteiger partial charge in [0.1, 0.15) is 18.3 Å². The first-order chi connectivity index (χ1) is 14.1. The zero-order valence-corrected chi connectivity index (χ0v) is 17.0. The highest BCUT2D eigenvalue weighted by molar-refractivity contribution is 5.76. The molecule has 0 fully saturated rings. The number of ether oxygens (including phenoxy) is 3. The van der Waals surface area contributed by atoms with Crippen molar-refractivity contribution >= 4 is 5.91 Å². The van der Waals surface area contributed by atoms with Crippen molar-refractivity contribution in [1.29, 1.82) is 0 Å². The Morgan fingerprint density at radius 3 is 2.38 bits per heavy atom. The molecule has 0 saturated heterocycles. The molecular formula is C22H30N2O5. The van der Waals surface area contributed by atoms with E-state index in [2.05, 4.69) is 5.32 Å². The van der Waals surface area contributed by atoms with Gasteiger partial charge < -0.3 is 19.5 Å². The lowest BCUT2D eigenvalue weighted by molar-refractivity contribution is -0.133. The van der Waals surface area contributed by atoms with Crippen molar-refractivity contribution in [2.24, 2.45) is 5.92 Å². The van der Waals surface area contributed by atoms with Crippen LogP contribution in [0.15, 0.2) is 54.6 Å². The van der Waals surface area contributed by atoms with Crippen LogP contribution in [0.25, 0.3) is 0 Å². The Bertz CT molecular complexity index is 709. The third-order valence-electron chi connectivity index (χ3n) is 4.38. The number of hydroxylamine groups is 1. The first-order valence-electron chi connectivity index (χ1n) is 9.77. The molecule has 158 valence electrons. The predicted molar refractivity (Wildman–Crippen MR) is 110 cm³/mol. The van der Waals surface area contributed by atoms with Crippen LogP contribution in [0, 0.1) is 5.92 Å². The minimum Gasteiger partial charge on any atom is -0.457 e.